The molecule has 0 aromatic carbocycles. The number of aryl methyl sites for hydroxylation is 1. The van der Waals surface area contributed by atoms with Crippen LogP contribution in [0, 0.1) is 0 Å². The van der Waals surface area contributed by atoms with Crippen molar-refractivity contribution in [2.24, 2.45) is 0 Å². The van der Waals surface area contributed by atoms with E-state index in [2.05, 4.69) is 28.9 Å². The van der Waals surface area contributed by atoms with Gasteiger partial charge in [-0.1, -0.05) is 6.92 Å². The number of pyridine rings is 1. The Kier molecular flexibility index (Phi) is 4.63. The van der Waals surface area contributed by atoms with Gasteiger partial charge >= 0.3 is 0 Å². The summed E-state index contributed by atoms with van der Waals surface area (Å²) in [6.07, 6.45) is 2.01. The van der Waals surface area contributed by atoms with E-state index in [4.69, 9.17) is 16.3 Å². The summed E-state index contributed by atoms with van der Waals surface area (Å²) in [5, 5.41) is 0. The van der Waals surface area contributed by atoms with Gasteiger partial charge in [0.25, 0.3) is 0 Å². The van der Waals surface area contributed by atoms with Crippen molar-refractivity contribution in [3.05, 3.63) is 23.4 Å². The van der Waals surface area contributed by atoms with Crippen LogP contribution in [0.25, 0.3) is 0 Å². The summed E-state index contributed by atoms with van der Waals surface area (Å²) in [4.78, 5) is 6.97. The first-order chi connectivity index (χ1) is 8.33. The van der Waals surface area contributed by atoms with Gasteiger partial charge in [0.15, 0.2) is 0 Å². The molecule has 0 unspecified atom stereocenters. The van der Waals surface area contributed by atoms with Crippen LogP contribution in [0.1, 0.15) is 24.6 Å². The summed E-state index contributed by atoms with van der Waals surface area (Å²) >= 11 is 5.93. The molecule has 0 saturated carbocycles. The maximum atomic E-state index is 5.93. The van der Waals surface area contributed by atoms with Gasteiger partial charge in [0.2, 0.25) is 0 Å². The summed E-state index contributed by atoms with van der Waals surface area (Å²) < 4.78 is 5.46. The number of aromatic nitrogens is 1. The Balaban J connectivity index is 2.22. The fraction of sp³-hybridized carbons (Fsp3) is 0.615. The van der Waals surface area contributed by atoms with Crippen molar-refractivity contribution in [2.75, 3.05) is 31.2 Å². The molecule has 0 radical (unpaired) electrons. The van der Waals surface area contributed by atoms with Crippen LogP contribution in [-0.2, 0) is 17.0 Å². The van der Waals surface area contributed by atoms with E-state index in [0.29, 0.717) is 5.88 Å². The van der Waals surface area contributed by atoms with Crippen molar-refractivity contribution in [1.82, 2.24) is 4.98 Å². The minimum Gasteiger partial charge on any atom is -0.380 e. The van der Waals surface area contributed by atoms with Crippen LogP contribution in [0.3, 0.4) is 0 Å². The van der Waals surface area contributed by atoms with E-state index < -0.39 is 0 Å². The highest BCUT2D eigenvalue weighted by Gasteiger charge is 2.12. The fourth-order valence-corrected chi connectivity index (χ4v) is 2.18. The highest BCUT2D eigenvalue weighted by Crippen LogP contribution is 2.18. The fourth-order valence-electron chi connectivity index (χ4n) is 2.03. The molecule has 2 heterocycles. The molecule has 17 heavy (non-hydrogen) atoms. The Labute approximate surface area is 108 Å². The molecule has 0 bridgehead atoms. The lowest BCUT2D eigenvalue weighted by Gasteiger charge is -2.22. The van der Waals surface area contributed by atoms with Crippen LogP contribution < -0.4 is 4.90 Å². The van der Waals surface area contributed by atoms with E-state index in [1.807, 2.05) is 0 Å². The highest BCUT2D eigenvalue weighted by molar-refractivity contribution is 6.17. The van der Waals surface area contributed by atoms with Gasteiger partial charge < -0.3 is 9.64 Å². The Morgan fingerprint density at radius 2 is 2.24 bits per heavy atom. The van der Waals surface area contributed by atoms with Gasteiger partial charge in [-0.15, -0.1) is 11.6 Å². The maximum Gasteiger partial charge on any atom is 0.129 e. The first-order valence-electron chi connectivity index (χ1n) is 6.22. The molecule has 4 heteroatoms. The van der Waals surface area contributed by atoms with Crippen molar-refractivity contribution in [1.29, 1.82) is 0 Å². The molecular formula is C13H19ClN2O. The second-order valence-electron chi connectivity index (χ2n) is 4.27. The van der Waals surface area contributed by atoms with Crippen LogP contribution in [-0.4, -0.2) is 31.3 Å². The lowest BCUT2D eigenvalue weighted by Crippen LogP contribution is -2.27. The molecule has 1 aromatic rings. The van der Waals surface area contributed by atoms with Gasteiger partial charge in [0.1, 0.15) is 5.82 Å². The minimum atomic E-state index is 0.548. The topological polar surface area (TPSA) is 25.4 Å². The number of halogens is 1. The molecule has 0 N–H and O–H groups in total. The average molecular weight is 255 g/mol. The summed E-state index contributed by atoms with van der Waals surface area (Å²) in [7, 11) is 0. The van der Waals surface area contributed by atoms with Crippen molar-refractivity contribution < 1.29 is 4.74 Å². The normalized spacial score (nSPS) is 16.9. The smallest absolute Gasteiger partial charge is 0.129 e. The molecule has 1 saturated heterocycles. The van der Waals surface area contributed by atoms with Gasteiger partial charge in [-0.25, -0.2) is 4.98 Å². The quantitative estimate of drug-likeness (QED) is 0.776. The molecule has 0 atom stereocenters. The van der Waals surface area contributed by atoms with E-state index in [-0.39, 0.29) is 0 Å². The van der Waals surface area contributed by atoms with Crippen molar-refractivity contribution >= 4 is 17.4 Å². The monoisotopic (exact) mass is 254 g/mol. The summed E-state index contributed by atoms with van der Waals surface area (Å²) in [6, 6.07) is 4.18. The molecule has 0 aliphatic carbocycles. The second-order valence-corrected chi connectivity index (χ2v) is 4.53. The van der Waals surface area contributed by atoms with E-state index >= 15 is 0 Å². The zero-order valence-corrected chi connectivity index (χ0v) is 11.0. The van der Waals surface area contributed by atoms with Gasteiger partial charge in [0, 0.05) is 31.3 Å². The first kappa shape index (κ1) is 12.7. The van der Waals surface area contributed by atoms with Crippen molar-refractivity contribution in [3.8, 4) is 0 Å². The number of rotatable bonds is 3. The first-order valence-corrected chi connectivity index (χ1v) is 6.75. The Morgan fingerprint density at radius 1 is 1.35 bits per heavy atom. The SMILES string of the molecule is CCc1cc(CCl)cc(N2CCCOCC2)n1. The molecule has 94 valence electrons. The molecule has 3 nitrogen and oxygen atoms in total. The molecule has 2 rings (SSSR count). The molecular weight excluding hydrogens is 236 g/mol. The molecule has 1 aliphatic rings. The Bertz CT molecular complexity index is 340. The number of nitrogens with zero attached hydrogens (tertiary/aromatic N) is 2. The Hall–Kier alpha value is -0.800. The van der Waals surface area contributed by atoms with Crippen molar-refractivity contribution in [2.45, 2.75) is 25.6 Å². The van der Waals surface area contributed by atoms with Crippen LogP contribution in [0.4, 0.5) is 5.82 Å². The maximum absolute atomic E-state index is 5.93. The zero-order chi connectivity index (χ0) is 12.1. The van der Waals surface area contributed by atoms with E-state index in [1.165, 1.54) is 0 Å². The lowest BCUT2D eigenvalue weighted by atomic mass is 10.2. The van der Waals surface area contributed by atoms with Gasteiger partial charge in [-0.05, 0) is 30.5 Å². The van der Waals surface area contributed by atoms with Gasteiger partial charge in [-0.3, -0.25) is 0 Å². The molecule has 1 fully saturated rings. The summed E-state index contributed by atoms with van der Waals surface area (Å²) in [6.45, 7) is 5.69. The largest absolute Gasteiger partial charge is 0.380 e. The number of alkyl halides is 1. The third-order valence-electron chi connectivity index (χ3n) is 2.99. The predicted molar refractivity (Wildman–Crippen MR) is 70.8 cm³/mol. The van der Waals surface area contributed by atoms with Gasteiger partial charge in [0.05, 0.1) is 6.61 Å². The lowest BCUT2D eigenvalue weighted by molar-refractivity contribution is 0.152. The molecule has 0 amide bonds. The zero-order valence-electron chi connectivity index (χ0n) is 10.3. The molecule has 1 aliphatic heterocycles. The van der Waals surface area contributed by atoms with Gasteiger partial charge in [-0.2, -0.15) is 0 Å². The minimum absolute atomic E-state index is 0.548. The predicted octanol–water partition coefficient (Wildman–Crippen LogP) is 2.61. The summed E-state index contributed by atoms with van der Waals surface area (Å²) in [5.41, 5.74) is 2.27. The number of ether oxygens (including phenoxy) is 1. The summed E-state index contributed by atoms with van der Waals surface area (Å²) in [5.74, 6) is 1.60. The van der Waals surface area contributed by atoms with Crippen molar-refractivity contribution in [3.63, 3.8) is 0 Å². The average Bonchev–Trinajstić information content (AvgIpc) is 2.67. The second kappa shape index (κ2) is 6.22. The van der Waals surface area contributed by atoms with Crippen LogP contribution in [0.2, 0.25) is 0 Å². The standard InChI is InChI=1S/C13H19ClN2O/c1-2-12-8-11(10-14)9-13(15-12)16-4-3-6-17-7-5-16/h8-9H,2-7,10H2,1H3. The number of hydrogen-bond donors (Lipinski definition) is 0. The van der Waals surface area contributed by atoms with Crippen LogP contribution in [0.5, 0.6) is 0 Å². The van der Waals surface area contributed by atoms with E-state index in [1.54, 1.807) is 0 Å². The van der Waals surface area contributed by atoms with Crippen LogP contribution >= 0.6 is 11.6 Å². The number of anilines is 1. The highest BCUT2D eigenvalue weighted by atomic mass is 35.5. The third-order valence-corrected chi connectivity index (χ3v) is 3.30. The van der Waals surface area contributed by atoms with E-state index in [9.17, 15) is 0 Å². The Morgan fingerprint density at radius 3 is 3.00 bits per heavy atom. The van der Waals surface area contributed by atoms with Crippen LogP contribution in [0.15, 0.2) is 12.1 Å². The number of hydrogen-bond acceptors (Lipinski definition) is 3. The van der Waals surface area contributed by atoms with E-state index in [0.717, 1.165) is 56.2 Å². The molecule has 1 aromatic heterocycles. The molecule has 0 spiro atoms. The third kappa shape index (κ3) is 3.33.